The van der Waals surface area contributed by atoms with Crippen LogP contribution in [0.4, 0.5) is 5.69 Å². The average molecular weight is 270 g/mol. The highest BCUT2D eigenvalue weighted by Gasteiger charge is 2.16. The molecule has 0 saturated carbocycles. The van der Waals surface area contributed by atoms with E-state index in [2.05, 4.69) is 0 Å². The fourth-order valence-corrected chi connectivity index (χ4v) is 1.65. The number of hydrogen-bond donors (Lipinski definition) is 1. The van der Waals surface area contributed by atoms with Crippen LogP contribution in [0.3, 0.4) is 0 Å². The van der Waals surface area contributed by atoms with E-state index in [1.54, 1.807) is 24.3 Å². The largest absolute Gasteiger partial charge is 0.450 e. The lowest BCUT2D eigenvalue weighted by Gasteiger charge is -2.07. The van der Waals surface area contributed by atoms with E-state index in [-0.39, 0.29) is 23.6 Å². The van der Waals surface area contributed by atoms with Gasteiger partial charge in [-0.3, -0.25) is 10.1 Å². The number of hydrogen-bond acceptors (Lipinski definition) is 5. The van der Waals surface area contributed by atoms with Crippen LogP contribution in [0.5, 0.6) is 11.5 Å². The number of benzene rings is 2. The number of aliphatic hydroxyl groups excluding tert-OH is 1. The normalized spacial score (nSPS) is 9.80. The van der Waals surface area contributed by atoms with Crippen molar-refractivity contribution in [3.8, 4) is 17.6 Å². The van der Waals surface area contributed by atoms with Crippen LogP contribution in [0.1, 0.15) is 11.1 Å². The Balaban J connectivity index is 2.40. The van der Waals surface area contributed by atoms with Crippen LogP contribution >= 0.6 is 0 Å². The van der Waals surface area contributed by atoms with Crippen LogP contribution in [0.15, 0.2) is 42.5 Å². The number of nitrogens with zero attached hydrogens (tertiary/aromatic N) is 2. The summed E-state index contributed by atoms with van der Waals surface area (Å²) < 4.78 is 5.45. The summed E-state index contributed by atoms with van der Waals surface area (Å²) in [5, 5.41) is 28.8. The summed E-state index contributed by atoms with van der Waals surface area (Å²) in [5.74, 6) is 0.346. The van der Waals surface area contributed by atoms with Gasteiger partial charge in [0.2, 0.25) is 5.75 Å². The summed E-state index contributed by atoms with van der Waals surface area (Å²) in [6, 6.07) is 12.3. The third kappa shape index (κ3) is 2.91. The second-order valence-electron chi connectivity index (χ2n) is 3.96. The first-order valence-corrected chi connectivity index (χ1v) is 5.70. The molecule has 1 N–H and O–H groups in total. The van der Waals surface area contributed by atoms with Gasteiger partial charge in [-0.15, -0.1) is 0 Å². The molecule has 6 nitrogen and oxygen atoms in total. The SMILES string of the molecule is N#Cc1ccc([N+](=O)[O-])c(Oc2cccc(CO)c2)c1. The molecule has 0 bridgehead atoms. The maximum atomic E-state index is 10.9. The third-order valence-corrected chi connectivity index (χ3v) is 2.59. The Bertz CT molecular complexity index is 692. The van der Waals surface area contributed by atoms with Crippen molar-refractivity contribution in [2.24, 2.45) is 0 Å². The number of nitriles is 1. The minimum absolute atomic E-state index is 0.0101. The first-order chi connectivity index (χ1) is 9.63. The molecule has 100 valence electrons. The molecule has 0 aliphatic rings. The van der Waals surface area contributed by atoms with Crippen LogP contribution in [0.25, 0.3) is 0 Å². The molecule has 0 spiro atoms. The van der Waals surface area contributed by atoms with Crippen LogP contribution in [-0.2, 0) is 6.61 Å². The average Bonchev–Trinajstić information content (AvgIpc) is 2.47. The van der Waals surface area contributed by atoms with Gasteiger partial charge in [0.05, 0.1) is 23.2 Å². The molecule has 0 aliphatic heterocycles. The molecule has 0 radical (unpaired) electrons. The van der Waals surface area contributed by atoms with Crippen molar-refractivity contribution in [3.63, 3.8) is 0 Å². The van der Waals surface area contributed by atoms with Crippen LogP contribution in [-0.4, -0.2) is 10.0 Å². The molecular formula is C14H10N2O4. The number of rotatable bonds is 4. The minimum Gasteiger partial charge on any atom is -0.450 e. The highest BCUT2D eigenvalue weighted by Crippen LogP contribution is 2.32. The van der Waals surface area contributed by atoms with E-state index in [1.165, 1.54) is 18.2 Å². The molecule has 0 amide bonds. The summed E-state index contributed by atoms with van der Waals surface area (Å²) >= 11 is 0. The van der Waals surface area contributed by atoms with Gasteiger partial charge in [-0.05, 0) is 23.8 Å². The van der Waals surface area contributed by atoms with Gasteiger partial charge < -0.3 is 9.84 Å². The van der Waals surface area contributed by atoms with Crippen LogP contribution in [0, 0.1) is 21.4 Å². The van der Waals surface area contributed by atoms with Crippen molar-refractivity contribution in [1.29, 1.82) is 5.26 Å². The van der Waals surface area contributed by atoms with E-state index in [0.29, 0.717) is 11.3 Å². The first-order valence-electron chi connectivity index (χ1n) is 5.70. The lowest BCUT2D eigenvalue weighted by Crippen LogP contribution is -1.94. The zero-order chi connectivity index (χ0) is 14.5. The zero-order valence-corrected chi connectivity index (χ0v) is 10.3. The van der Waals surface area contributed by atoms with Gasteiger partial charge in [0.25, 0.3) is 0 Å². The monoisotopic (exact) mass is 270 g/mol. The van der Waals surface area contributed by atoms with Gasteiger partial charge in [-0.25, -0.2) is 0 Å². The molecule has 0 unspecified atom stereocenters. The summed E-state index contributed by atoms with van der Waals surface area (Å²) in [4.78, 5) is 10.4. The quantitative estimate of drug-likeness (QED) is 0.680. The van der Waals surface area contributed by atoms with Gasteiger partial charge in [0, 0.05) is 12.1 Å². The van der Waals surface area contributed by atoms with Gasteiger partial charge in [0.15, 0.2) is 0 Å². The highest BCUT2D eigenvalue weighted by molar-refractivity contribution is 5.53. The van der Waals surface area contributed by atoms with E-state index in [9.17, 15) is 10.1 Å². The Morgan fingerprint density at radius 2 is 2.10 bits per heavy atom. The Morgan fingerprint density at radius 3 is 2.75 bits per heavy atom. The molecular weight excluding hydrogens is 260 g/mol. The van der Waals surface area contributed by atoms with Gasteiger partial charge >= 0.3 is 5.69 Å². The van der Waals surface area contributed by atoms with Crippen molar-refractivity contribution in [2.45, 2.75) is 6.61 Å². The number of aliphatic hydroxyl groups is 1. The van der Waals surface area contributed by atoms with Crippen molar-refractivity contribution in [2.75, 3.05) is 0 Å². The van der Waals surface area contributed by atoms with E-state index < -0.39 is 4.92 Å². The maximum Gasteiger partial charge on any atom is 0.311 e. The molecule has 20 heavy (non-hydrogen) atoms. The number of nitro benzene ring substituents is 1. The fourth-order valence-electron chi connectivity index (χ4n) is 1.65. The molecule has 0 aromatic heterocycles. The first kappa shape index (κ1) is 13.5. The van der Waals surface area contributed by atoms with Crippen molar-refractivity contribution < 1.29 is 14.8 Å². The summed E-state index contributed by atoms with van der Waals surface area (Å²) in [7, 11) is 0. The highest BCUT2D eigenvalue weighted by atomic mass is 16.6. The molecule has 0 aliphatic carbocycles. The second kappa shape index (κ2) is 5.82. The van der Waals surface area contributed by atoms with E-state index in [0.717, 1.165) is 0 Å². The molecule has 6 heteroatoms. The van der Waals surface area contributed by atoms with Gasteiger partial charge in [0.1, 0.15) is 5.75 Å². The maximum absolute atomic E-state index is 10.9. The lowest BCUT2D eigenvalue weighted by molar-refractivity contribution is -0.385. The molecule has 0 fully saturated rings. The van der Waals surface area contributed by atoms with E-state index >= 15 is 0 Å². The summed E-state index contributed by atoms with van der Waals surface area (Å²) in [6.07, 6.45) is 0. The van der Waals surface area contributed by atoms with E-state index in [1.807, 2.05) is 6.07 Å². The summed E-state index contributed by atoms with van der Waals surface area (Å²) in [5.41, 5.74) is 0.670. The number of ether oxygens (including phenoxy) is 1. The second-order valence-corrected chi connectivity index (χ2v) is 3.96. The van der Waals surface area contributed by atoms with Gasteiger partial charge in [-0.1, -0.05) is 12.1 Å². The van der Waals surface area contributed by atoms with Crippen molar-refractivity contribution >= 4 is 5.69 Å². The Hall–Kier alpha value is -2.91. The minimum atomic E-state index is -0.577. The van der Waals surface area contributed by atoms with Crippen molar-refractivity contribution in [3.05, 3.63) is 63.7 Å². The standard InChI is InChI=1S/C14H10N2O4/c15-8-10-4-5-13(16(18)19)14(7-10)20-12-3-1-2-11(6-12)9-17/h1-7,17H,9H2. The zero-order valence-electron chi connectivity index (χ0n) is 10.3. The molecule has 0 atom stereocenters. The molecule has 0 saturated heterocycles. The van der Waals surface area contributed by atoms with E-state index in [4.69, 9.17) is 15.1 Å². The van der Waals surface area contributed by atoms with Crippen molar-refractivity contribution in [1.82, 2.24) is 0 Å². The molecule has 0 heterocycles. The topological polar surface area (TPSA) is 96.4 Å². The predicted molar refractivity (Wildman–Crippen MR) is 70.3 cm³/mol. The van der Waals surface area contributed by atoms with Crippen LogP contribution in [0.2, 0.25) is 0 Å². The van der Waals surface area contributed by atoms with Crippen LogP contribution < -0.4 is 4.74 Å². The predicted octanol–water partition coefficient (Wildman–Crippen LogP) is 2.75. The molecule has 2 rings (SSSR count). The third-order valence-electron chi connectivity index (χ3n) is 2.59. The Kier molecular flexibility index (Phi) is 3.93. The smallest absolute Gasteiger partial charge is 0.311 e. The Morgan fingerprint density at radius 1 is 1.30 bits per heavy atom. The summed E-state index contributed by atoms with van der Waals surface area (Å²) in [6.45, 7) is -0.155. The molecule has 2 aromatic rings. The molecule has 2 aromatic carbocycles. The van der Waals surface area contributed by atoms with Gasteiger partial charge in [-0.2, -0.15) is 5.26 Å². The lowest BCUT2D eigenvalue weighted by atomic mass is 10.2. The number of nitro groups is 1. The fraction of sp³-hybridized carbons (Fsp3) is 0.0714. The Labute approximate surface area is 114 Å².